The summed E-state index contributed by atoms with van der Waals surface area (Å²) in [6.07, 6.45) is 0. The van der Waals surface area contributed by atoms with E-state index in [1.807, 2.05) is 0 Å². The summed E-state index contributed by atoms with van der Waals surface area (Å²) < 4.78 is 12.9. The lowest BCUT2D eigenvalue weighted by Gasteiger charge is -2.37. The van der Waals surface area contributed by atoms with Crippen molar-refractivity contribution in [1.29, 1.82) is 0 Å². The van der Waals surface area contributed by atoms with Crippen molar-refractivity contribution < 1.29 is 14.3 Å². The summed E-state index contributed by atoms with van der Waals surface area (Å²) >= 11 is 0. The molecule has 1 aromatic rings. The first-order valence-electron chi connectivity index (χ1n) is 5.48. The quantitative estimate of drug-likeness (QED) is 0.705. The zero-order valence-corrected chi connectivity index (χ0v) is 9.59. The first-order chi connectivity index (χ1) is 8.00. The van der Waals surface area contributed by atoms with E-state index in [0.717, 1.165) is 0 Å². The van der Waals surface area contributed by atoms with Gasteiger partial charge in [-0.15, -0.1) is 0 Å². The van der Waals surface area contributed by atoms with Crippen LogP contribution in [0.4, 0.5) is 4.39 Å². The number of carbonyl (C=O) groups excluding carboxylic acids is 1. The lowest BCUT2D eigenvalue weighted by atomic mass is 9.97. The van der Waals surface area contributed by atoms with E-state index in [2.05, 4.69) is 10.6 Å². The van der Waals surface area contributed by atoms with Crippen LogP contribution in [-0.2, 0) is 0 Å². The molecule has 1 aliphatic heterocycles. The maximum Gasteiger partial charge on any atom is 0.251 e. The van der Waals surface area contributed by atoms with Crippen LogP contribution in [-0.4, -0.2) is 36.2 Å². The van der Waals surface area contributed by atoms with Crippen molar-refractivity contribution in [3.63, 3.8) is 0 Å². The van der Waals surface area contributed by atoms with Gasteiger partial charge in [0.1, 0.15) is 11.4 Å². The van der Waals surface area contributed by atoms with Gasteiger partial charge in [-0.2, -0.15) is 0 Å². The Kier molecular flexibility index (Phi) is 3.13. The molecule has 92 valence electrons. The number of hydrogen-bond donors (Lipinski definition) is 3. The second kappa shape index (κ2) is 4.43. The van der Waals surface area contributed by atoms with E-state index in [4.69, 9.17) is 0 Å². The molecule has 5 heteroatoms. The van der Waals surface area contributed by atoms with Gasteiger partial charge in [0.25, 0.3) is 5.91 Å². The van der Waals surface area contributed by atoms with E-state index in [1.54, 1.807) is 6.92 Å². The highest BCUT2D eigenvalue weighted by Crippen LogP contribution is 2.12. The number of halogens is 1. The number of amides is 1. The van der Waals surface area contributed by atoms with Gasteiger partial charge < -0.3 is 15.7 Å². The average Bonchev–Trinajstić information content (AvgIpc) is 2.23. The maximum atomic E-state index is 12.9. The Labute approximate surface area is 98.8 Å². The van der Waals surface area contributed by atoms with Crippen LogP contribution in [0, 0.1) is 12.7 Å². The van der Waals surface area contributed by atoms with Crippen molar-refractivity contribution in [2.24, 2.45) is 0 Å². The Hall–Kier alpha value is -1.46. The highest BCUT2D eigenvalue weighted by Gasteiger charge is 2.34. The first-order valence-corrected chi connectivity index (χ1v) is 5.48. The third kappa shape index (κ3) is 2.62. The molecule has 0 unspecified atom stereocenters. The van der Waals surface area contributed by atoms with Crippen LogP contribution < -0.4 is 10.6 Å². The van der Waals surface area contributed by atoms with Crippen molar-refractivity contribution in [3.05, 3.63) is 35.1 Å². The van der Waals surface area contributed by atoms with Crippen LogP contribution >= 0.6 is 0 Å². The SMILES string of the molecule is Cc1cc(F)ccc1C(=O)NCC1(O)CNC1. The third-order valence-electron chi connectivity index (χ3n) is 2.92. The number of benzene rings is 1. The van der Waals surface area contributed by atoms with Gasteiger partial charge in [-0.3, -0.25) is 4.79 Å². The smallest absolute Gasteiger partial charge is 0.251 e. The molecule has 1 aromatic carbocycles. The van der Waals surface area contributed by atoms with Crippen molar-refractivity contribution in [1.82, 2.24) is 10.6 Å². The number of rotatable bonds is 3. The van der Waals surface area contributed by atoms with Gasteiger partial charge in [-0.1, -0.05) is 0 Å². The first kappa shape index (κ1) is 12.0. The molecule has 4 nitrogen and oxygen atoms in total. The average molecular weight is 238 g/mol. The zero-order chi connectivity index (χ0) is 12.5. The minimum atomic E-state index is -0.844. The minimum Gasteiger partial charge on any atom is -0.385 e. The molecule has 3 N–H and O–H groups in total. The number of aliphatic hydroxyl groups is 1. The van der Waals surface area contributed by atoms with Crippen molar-refractivity contribution in [3.8, 4) is 0 Å². The molecule has 1 aliphatic rings. The Morgan fingerprint density at radius 1 is 1.59 bits per heavy atom. The summed E-state index contributed by atoms with van der Waals surface area (Å²) in [6.45, 7) is 2.85. The Bertz CT molecular complexity index is 444. The summed E-state index contributed by atoms with van der Waals surface area (Å²) in [5.41, 5.74) is 0.173. The van der Waals surface area contributed by atoms with E-state index in [1.165, 1.54) is 18.2 Å². The molecule has 1 heterocycles. The van der Waals surface area contributed by atoms with Gasteiger partial charge in [-0.25, -0.2) is 4.39 Å². The number of carbonyl (C=O) groups is 1. The normalized spacial score (nSPS) is 17.4. The molecule has 0 saturated carbocycles. The second-order valence-corrected chi connectivity index (χ2v) is 4.47. The molecule has 0 aliphatic carbocycles. The predicted octanol–water partition coefficient (Wildman–Crippen LogP) is 0.198. The van der Waals surface area contributed by atoms with E-state index < -0.39 is 5.60 Å². The van der Waals surface area contributed by atoms with Gasteiger partial charge in [0.2, 0.25) is 0 Å². The van der Waals surface area contributed by atoms with Crippen molar-refractivity contribution >= 4 is 5.91 Å². The van der Waals surface area contributed by atoms with Crippen LogP contribution in [0.2, 0.25) is 0 Å². The summed E-state index contributed by atoms with van der Waals surface area (Å²) in [7, 11) is 0. The number of β-amino-alcohol motifs (C(OH)–C–C–N with tert-alkyl or cyclic N) is 1. The van der Waals surface area contributed by atoms with E-state index in [-0.39, 0.29) is 18.3 Å². The van der Waals surface area contributed by atoms with Crippen molar-refractivity contribution in [2.75, 3.05) is 19.6 Å². The Morgan fingerprint density at radius 3 is 2.82 bits per heavy atom. The molecule has 0 radical (unpaired) electrons. The van der Waals surface area contributed by atoms with E-state index in [9.17, 15) is 14.3 Å². The van der Waals surface area contributed by atoms with Gasteiger partial charge in [0.15, 0.2) is 0 Å². The second-order valence-electron chi connectivity index (χ2n) is 4.47. The molecule has 0 spiro atoms. The lowest BCUT2D eigenvalue weighted by Crippen LogP contribution is -2.64. The van der Waals surface area contributed by atoms with Gasteiger partial charge in [0, 0.05) is 25.2 Å². The number of nitrogens with one attached hydrogen (secondary N) is 2. The lowest BCUT2D eigenvalue weighted by molar-refractivity contribution is -0.00760. The van der Waals surface area contributed by atoms with E-state index in [0.29, 0.717) is 24.2 Å². The van der Waals surface area contributed by atoms with Crippen LogP contribution in [0.3, 0.4) is 0 Å². The van der Waals surface area contributed by atoms with Crippen LogP contribution in [0.1, 0.15) is 15.9 Å². The monoisotopic (exact) mass is 238 g/mol. The topological polar surface area (TPSA) is 61.4 Å². The summed E-state index contributed by atoms with van der Waals surface area (Å²) in [5, 5.41) is 15.4. The fourth-order valence-corrected chi connectivity index (χ4v) is 1.76. The Balaban J connectivity index is 1.99. The van der Waals surface area contributed by atoms with E-state index >= 15 is 0 Å². The third-order valence-corrected chi connectivity index (χ3v) is 2.92. The maximum absolute atomic E-state index is 12.9. The van der Waals surface area contributed by atoms with Crippen LogP contribution in [0.15, 0.2) is 18.2 Å². The molecule has 1 saturated heterocycles. The van der Waals surface area contributed by atoms with Crippen LogP contribution in [0.25, 0.3) is 0 Å². The molecule has 1 fully saturated rings. The van der Waals surface area contributed by atoms with Gasteiger partial charge in [0.05, 0.1) is 0 Å². The molecule has 0 bridgehead atoms. The predicted molar refractivity (Wildman–Crippen MR) is 61.3 cm³/mol. The Morgan fingerprint density at radius 2 is 2.29 bits per heavy atom. The standard InChI is InChI=1S/C12H15FN2O2/c1-8-4-9(13)2-3-10(8)11(16)15-7-12(17)5-14-6-12/h2-4,14,17H,5-7H2,1H3,(H,15,16). The van der Waals surface area contributed by atoms with Crippen LogP contribution in [0.5, 0.6) is 0 Å². The summed E-state index contributed by atoms with van der Waals surface area (Å²) in [4.78, 5) is 11.8. The van der Waals surface area contributed by atoms with Gasteiger partial charge >= 0.3 is 0 Å². The molecule has 17 heavy (non-hydrogen) atoms. The molecule has 2 rings (SSSR count). The molecule has 1 amide bonds. The summed E-state index contributed by atoms with van der Waals surface area (Å²) in [5.74, 6) is -0.649. The zero-order valence-electron chi connectivity index (χ0n) is 9.59. The van der Waals surface area contributed by atoms with Gasteiger partial charge in [-0.05, 0) is 30.7 Å². The highest BCUT2D eigenvalue weighted by atomic mass is 19.1. The molecular formula is C12H15FN2O2. The number of hydrogen-bond acceptors (Lipinski definition) is 3. The highest BCUT2D eigenvalue weighted by molar-refractivity contribution is 5.95. The van der Waals surface area contributed by atoms with Crippen molar-refractivity contribution in [2.45, 2.75) is 12.5 Å². The molecule has 0 atom stereocenters. The molecule has 0 aromatic heterocycles. The fourth-order valence-electron chi connectivity index (χ4n) is 1.76. The minimum absolute atomic E-state index is 0.204. The molecular weight excluding hydrogens is 223 g/mol. The largest absolute Gasteiger partial charge is 0.385 e. The number of aryl methyl sites for hydroxylation is 1. The fraction of sp³-hybridized carbons (Fsp3) is 0.417. The summed E-state index contributed by atoms with van der Waals surface area (Å²) in [6, 6.07) is 4.01.